The van der Waals surface area contributed by atoms with E-state index in [1.807, 2.05) is 45.9 Å². The highest BCUT2D eigenvalue weighted by atomic mass is 16.3. The first-order chi connectivity index (χ1) is 11.7. The summed E-state index contributed by atoms with van der Waals surface area (Å²) in [7, 11) is 0. The molecule has 0 bridgehead atoms. The van der Waals surface area contributed by atoms with Crippen molar-refractivity contribution < 1.29 is 9.90 Å². The molecule has 2 aromatic carbocycles. The minimum absolute atomic E-state index is 0.0170. The molecule has 1 aliphatic heterocycles. The van der Waals surface area contributed by atoms with Crippen LogP contribution in [0.2, 0.25) is 0 Å². The van der Waals surface area contributed by atoms with Gasteiger partial charge in [-0.3, -0.25) is 4.79 Å². The van der Waals surface area contributed by atoms with Gasteiger partial charge in [0, 0.05) is 24.2 Å². The molecule has 0 saturated heterocycles. The number of aliphatic hydroxyl groups excluding tert-OH is 1. The van der Waals surface area contributed by atoms with Crippen molar-refractivity contribution in [3.63, 3.8) is 0 Å². The molecule has 0 atom stereocenters. The van der Waals surface area contributed by atoms with Gasteiger partial charge in [-0.2, -0.15) is 0 Å². The number of carbonyl (C=O) groups is 1. The molecule has 1 aliphatic rings. The van der Waals surface area contributed by atoms with Crippen LogP contribution in [0.5, 0.6) is 0 Å². The maximum absolute atomic E-state index is 13.2. The summed E-state index contributed by atoms with van der Waals surface area (Å²) in [6.07, 6.45) is 0.828. The van der Waals surface area contributed by atoms with E-state index in [1.54, 1.807) is 0 Å². The van der Waals surface area contributed by atoms with Crippen molar-refractivity contribution in [1.82, 2.24) is 4.57 Å². The number of nitrogens with zero attached hydrogens (tertiary/aromatic N) is 2. The number of amides is 1. The Morgan fingerprint density at radius 1 is 1.08 bits per heavy atom. The Hall–Kier alpha value is -2.59. The zero-order valence-electron chi connectivity index (χ0n) is 13.7. The van der Waals surface area contributed by atoms with E-state index in [2.05, 4.69) is 19.1 Å². The molecule has 3 aromatic rings. The average Bonchev–Trinajstić information content (AvgIpc) is 2.93. The molecule has 2 heterocycles. The monoisotopic (exact) mass is 320 g/mol. The van der Waals surface area contributed by atoms with Crippen molar-refractivity contribution in [3.8, 4) is 0 Å². The maximum atomic E-state index is 13.2. The van der Waals surface area contributed by atoms with Crippen LogP contribution in [0.15, 0.2) is 48.5 Å². The summed E-state index contributed by atoms with van der Waals surface area (Å²) >= 11 is 0. The van der Waals surface area contributed by atoms with Gasteiger partial charge >= 0.3 is 0 Å². The third-order valence-corrected chi connectivity index (χ3v) is 4.81. The van der Waals surface area contributed by atoms with Crippen LogP contribution in [-0.4, -0.2) is 28.7 Å². The Kier molecular flexibility index (Phi) is 3.62. The van der Waals surface area contributed by atoms with Gasteiger partial charge in [-0.05, 0) is 36.6 Å². The van der Waals surface area contributed by atoms with E-state index >= 15 is 0 Å². The van der Waals surface area contributed by atoms with Gasteiger partial charge in [0.1, 0.15) is 5.69 Å². The lowest BCUT2D eigenvalue weighted by molar-refractivity contribution is 0.0970. The van der Waals surface area contributed by atoms with Gasteiger partial charge < -0.3 is 14.6 Å². The van der Waals surface area contributed by atoms with Crippen LogP contribution in [0.4, 0.5) is 5.69 Å². The van der Waals surface area contributed by atoms with Gasteiger partial charge in [-0.25, -0.2) is 0 Å². The molecule has 24 heavy (non-hydrogen) atoms. The van der Waals surface area contributed by atoms with E-state index in [-0.39, 0.29) is 12.5 Å². The number of para-hydroxylation sites is 2. The summed E-state index contributed by atoms with van der Waals surface area (Å²) in [5, 5.41) is 10.7. The molecule has 0 fully saturated rings. The number of carbonyl (C=O) groups excluding carboxylic acids is 1. The number of aryl methyl sites for hydroxylation is 1. The Morgan fingerprint density at radius 2 is 1.88 bits per heavy atom. The predicted molar refractivity (Wildman–Crippen MR) is 95.6 cm³/mol. The quantitative estimate of drug-likeness (QED) is 0.806. The zero-order valence-corrected chi connectivity index (χ0v) is 13.7. The van der Waals surface area contributed by atoms with Crippen LogP contribution in [0, 0.1) is 6.92 Å². The van der Waals surface area contributed by atoms with Gasteiger partial charge in [0.05, 0.1) is 12.1 Å². The summed E-state index contributed by atoms with van der Waals surface area (Å²) in [6.45, 7) is 3.19. The molecule has 0 aliphatic carbocycles. The minimum atomic E-state index is 0.0170. The molecule has 4 heteroatoms. The van der Waals surface area contributed by atoms with Crippen molar-refractivity contribution in [3.05, 3.63) is 65.4 Å². The van der Waals surface area contributed by atoms with E-state index < -0.39 is 0 Å². The number of fused-ring (bicyclic) bond motifs is 3. The number of rotatable bonds is 3. The maximum Gasteiger partial charge on any atom is 0.275 e. The molecule has 122 valence electrons. The molecular weight excluding hydrogens is 300 g/mol. The minimum Gasteiger partial charge on any atom is -0.395 e. The Bertz CT molecular complexity index is 912. The third kappa shape index (κ3) is 2.14. The van der Waals surface area contributed by atoms with E-state index in [0.29, 0.717) is 13.1 Å². The molecular formula is C20H20N2O2. The number of aromatic nitrogens is 1. The highest BCUT2D eigenvalue weighted by Crippen LogP contribution is 2.34. The van der Waals surface area contributed by atoms with Crippen molar-refractivity contribution in [2.75, 3.05) is 18.1 Å². The smallest absolute Gasteiger partial charge is 0.275 e. The molecule has 1 aromatic heterocycles. The standard InChI is InChI=1S/C20H20N2O2/c1-14-6-5-9-16-17-10-11-21(15-7-3-2-4-8-15)20(24)19(17)22(12-13-23)18(14)16/h2-9,23H,10-13H2,1H3. The molecule has 0 unspecified atom stereocenters. The topological polar surface area (TPSA) is 45.5 Å². The molecule has 1 N–H and O–H groups in total. The lowest BCUT2D eigenvalue weighted by atomic mass is 10.0. The molecule has 0 radical (unpaired) electrons. The van der Waals surface area contributed by atoms with Crippen LogP contribution in [0.1, 0.15) is 21.6 Å². The van der Waals surface area contributed by atoms with Crippen molar-refractivity contribution in [1.29, 1.82) is 0 Å². The van der Waals surface area contributed by atoms with Gasteiger partial charge in [-0.1, -0.05) is 36.4 Å². The fourth-order valence-corrected chi connectivity index (χ4v) is 3.79. The van der Waals surface area contributed by atoms with Crippen molar-refractivity contribution >= 4 is 22.5 Å². The van der Waals surface area contributed by atoms with Gasteiger partial charge in [-0.15, -0.1) is 0 Å². The second kappa shape index (κ2) is 5.80. The number of anilines is 1. The average molecular weight is 320 g/mol. The molecule has 4 nitrogen and oxygen atoms in total. The van der Waals surface area contributed by atoms with E-state index in [1.165, 1.54) is 0 Å². The van der Waals surface area contributed by atoms with Crippen LogP contribution in [0.3, 0.4) is 0 Å². The highest BCUT2D eigenvalue weighted by molar-refractivity contribution is 6.11. The summed E-state index contributed by atoms with van der Waals surface area (Å²) in [4.78, 5) is 15.1. The van der Waals surface area contributed by atoms with Crippen LogP contribution in [0.25, 0.3) is 10.9 Å². The van der Waals surface area contributed by atoms with Crippen LogP contribution >= 0.6 is 0 Å². The fraction of sp³-hybridized carbons (Fsp3) is 0.250. The van der Waals surface area contributed by atoms with E-state index in [9.17, 15) is 9.90 Å². The highest BCUT2D eigenvalue weighted by Gasteiger charge is 2.31. The molecule has 0 spiro atoms. The lowest BCUT2D eigenvalue weighted by Crippen LogP contribution is -2.38. The summed E-state index contributed by atoms with van der Waals surface area (Å²) in [5.41, 5.74) is 4.96. The summed E-state index contributed by atoms with van der Waals surface area (Å²) in [5.74, 6) is 0.0199. The largest absolute Gasteiger partial charge is 0.395 e. The molecule has 4 rings (SSSR count). The number of hydrogen-bond acceptors (Lipinski definition) is 2. The number of hydrogen-bond donors (Lipinski definition) is 1. The van der Waals surface area contributed by atoms with E-state index in [0.717, 1.165) is 39.8 Å². The van der Waals surface area contributed by atoms with Crippen LogP contribution in [-0.2, 0) is 13.0 Å². The predicted octanol–water partition coefficient (Wildman–Crippen LogP) is 3.14. The van der Waals surface area contributed by atoms with Crippen LogP contribution < -0.4 is 4.90 Å². The Morgan fingerprint density at radius 3 is 2.62 bits per heavy atom. The van der Waals surface area contributed by atoms with Crippen molar-refractivity contribution in [2.45, 2.75) is 19.9 Å². The number of benzene rings is 2. The first-order valence-corrected chi connectivity index (χ1v) is 8.31. The lowest BCUT2D eigenvalue weighted by Gasteiger charge is -2.28. The van der Waals surface area contributed by atoms with Crippen molar-refractivity contribution in [2.24, 2.45) is 0 Å². The van der Waals surface area contributed by atoms with Gasteiger partial charge in [0.15, 0.2) is 0 Å². The normalized spacial score (nSPS) is 14.2. The fourth-order valence-electron chi connectivity index (χ4n) is 3.79. The van der Waals surface area contributed by atoms with Gasteiger partial charge in [0.25, 0.3) is 5.91 Å². The summed E-state index contributed by atoms with van der Waals surface area (Å²) in [6, 6.07) is 16.0. The SMILES string of the molecule is Cc1cccc2c3c(n(CCO)c12)C(=O)N(c1ccccc1)CC3. The summed E-state index contributed by atoms with van der Waals surface area (Å²) < 4.78 is 2.00. The second-order valence-electron chi connectivity index (χ2n) is 6.22. The zero-order chi connectivity index (χ0) is 16.7. The molecule has 0 saturated carbocycles. The molecule has 1 amide bonds. The van der Waals surface area contributed by atoms with E-state index in [4.69, 9.17) is 0 Å². The Labute approximate surface area is 140 Å². The Balaban J connectivity index is 1.92. The third-order valence-electron chi connectivity index (χ3n) is 4.81. The first-order valence-electron chi connectivity index (χ1n) is 8.31. The first kappa shape index (κ1) is 15.0. The second-order valence-corrected chi connectivity index (χ2v) is 6.22. The number of aliphatic hydroxyl groups is 1. The van der Waals surface area contributed by atoms with Gasteiger partial charge in [0.2, 0.25) is 0 Å².